The van der Waals surface area contributed by atoms with Crippen LogP contribution in [0.4, 0.5) is 9.18 Å². The smallest absolute Gasteiger partial charge is 0.317 e. The summed E-state index contributed by atoms with van der Waals surface area (Å²) in [6.07, 6.45) is 7.77. The van der Waals surface area contributed by atoms with E-state index in [9.17, 15) is 14.0 Å². The van der Waals surface area contributed by atoms with E-state index in [4.69, 9.17) is 0 Å². The Kier molecular flexibility index (Phi) is 4.96. The first-order valence-corrected chi connectivity index (χ1v) is 11.2. The number of rotatable bonds is 2. The molecule has 4 bridgehead atoms. The van der Waals surface area contributed by atoms with Crippen LogP contribution >= 0.6 is 0 Å². The summed E-state index contributed by atoms with van der Waals surface area (Å²) < 4.78 is 13.9. The predicted octanol–water partition coefficient (Wildman–Crippen LogP) is 3.65. The molecular formula is C23H30FN3O2. The van der Waals surface area contributed by atoms with Crippen molar-refractivity contribution >= 4 is 11.9 Å². The molecule has 156 valence electrons. The summed E-state index contributed by atoms with van der Waals surface area (Å²) in [5, 5.41) is 3.24. The van der Waals surface area contributed by atoms with Gasteiger partial charge in [0, 0.05) is 31.7 Å². The highest BCUT2D eigenvalue weighted by atomic mass is 19.1. The molecular weight excluding hydrogens is 369 g/mol. The van der Waals surface area contributed by atoms with Crippen molar-refractivity contribution in [3.05, 3.63) is 35.6 Å². The fourth-order valence-electron chi connectivity index (χ4n) is 6.32. The molecule has 5 aliphatic rings. The number of urea groups is 1. The van der Waals surface area contributed by atoms with Gasteiger partial charge in [-0.3, -0.25) is 4.79 Å². The van der Waals surface area contributed by atoms with Gasteiger partial charge in [0.1, 0.15) is 5.82 Å². The van der Waals surface area contributed by atoms with Crippen molar-refractivity contribution in [3.8, 4) is 0 Å². The quantitative estimate of drug-likeness (QED) is 0.825. The van der Waals surface area contributed by atoms with Crippen molar-refractivity contribution in [2.45, 2.75) is 57.0 Å². The van der Waals surface area contributed by atoms with Crippen LogP contribution in [0.15, 0.2) is 24.3 Å². The fraction of sp³-hybridized carbons (Fsp3) is 0.652. The van der Waals surface area contributed by atoms with Crippen molar-refractivity contribution in [2.75, 3.05) is 19.6 Å². The number of piperidine rings is 1. The van der Waals surface area contributed by atoms with E-state index in [0.29, 0.717) is 25.0 Å². The Bertz CT molecular complexity index is 778. The zero-order valence-electron chi connectivity index (χ0n) is 16.9. The third-order valence-corrected chi connectivity index (χ3v) is 7.58. The number of carbonyl (C=O) groups excluding carboxylic acids is 2. The van der Waals surface area contributed by atoms with Gasteiger partial charge in [0.15, 0.2) is 0 Å². The minimum atomic E-state index is -0.474. The first-order valence-electron chi connectivity index (χ1n) is 11.2. The minimum Gasteiger partial charge on any atom is -0.338 e. The topological polar surface area (TPSA) is 52.7 Å². The van der Waals surface area contributed by atoms with E-state index >= 15 is 0 Å². The maximum atomic E-state index is 13.9. The normalized spacial score (nSPS) is 31.6. The molecule has 3 amide bonds. The highest BCUT2D eigenvalue weighted by Crippen LogP contribution is 2.47. The maximum absolute atomic E-state index is 13.9. The lowest BCUT2D eigenvalue weighted by molar-refractivity contribution is 0.0700. The van der Waals surface area contributed by atoms with Crippen molar-refractivity contribution in [2.24, 2.45) is 17.8 Å². The number of hydrogen-bond donors (Lipinski definition) is 1. The minimum absolute atomic E-state index is 0.0853. The molecule has 3 heterocycles. The van der Waals surface area contributed by atoms with Crippen LogP contribution in [0.2, 0.25) is 0 Å². The van der Waals surface area contributed by atoms with Gasteiger partial charge in [-0.1, -0.05) is 12.1 Å². The van der Waals surface area contributed by atoms with Gasteiger partial charge in [-0.05, 0) is 74.8 Å². The Labute approximate surface area is 171 Å². The molecule has 2 aliphatic carbocycles. The monoisotopic (exact) mass is 399 g/mol. The van der Waals surface area contributed by atoms with E-state index in [1.165, 1.54) is 44.2 Å². The third-order valence-electron chi connectivity index (χ3n) is 7.58. The highest BCUT2D eigenvalue weighted by molar-refractivity contribution is 5.94. The summed E-state index contributed by atoms with van der Waals surface area (Å²) in [5.74, 6) is 1.59. The Morgan fingerprint density at radius 2 is 1.59 bits per heavy atom. The van der Waals surface area contributed by atoms with Gasteiger partial charge in [0.2, 0.25) is 0 Å². The van der Waals surface area contributed by atoms with Crippen LogP contribution in [0.25, 0.3) is 0 Å². The molecule has 6 heteroatoms. The van der Waals surface area contributed by atoms with Crippen LogP contribution in [0, 0.1) is 23.6 Å². The molecule has 3 saturated heterocycles. The molecule has 0 radical (unpaired) electrons. The van der Waals surface area contributed by atoms with Gasteiger partial charge in [0.05, 0.1) is 5.56 Å². The SMILES string of the molecule is O=C(c1ccccc1F)N1CCC(NC(=O)N2CC3CC4CC(C3)CC2C4)CC1. The molecule has 1 aromatic carbocycles. The van der Waals surface area contributed by atoms with Crippen LogP contribution < -0.4 is 5.32 Å². The largest absolute Gasteiger partial charge is 0.338 e. The zero-order chi connectivity index (χ0) is 20.0. The predicted molar refractivity (Wildman–Crippen MR) is 108 cm³/mol. The van der Waals surface area contributed by atoms with Gasteiger partial charge in [0.25, 0.3) is 5.91 Å². The first-order chi connectivity index (χ1) is 14.1. The lowest BCUT2D eigenvalue weighted by Gasteiger charge is -2.39. The second-order valence-corrected chi connectivity index (χ2v) is 9.58. The molecule has 1 N–H and O–H groups in total. The van der Waals surface area contributed by atoms with Crippen LogP contribution in [-0.4, -0.2) is 53.5 Å². The number of hydrogen-bond acceptors (Lipinski definition) is 2. The summed E-state index contributed by atoms with van der Waals surface area (Å²) in [6, 6.07) is 6.72. The van der Waals surface area contributed by atoms with E-state index in [1.54, 1.807) is 17.0 Å². The molecule has 1 aromatic rings. The van der Waals surface area contributed by atoms with Crippen LogP contribution in [-0.2, 0) is 0 Å². The summed E-state index contributed by atoms with van der Waals surface area (Å²) in [4.78, 5) is 29.5. The number of benzene rings is 1. The molecule has 2 unspecified atom stereocenters. The molecule has 0 spiro atoms. The number of fused-ring (bicyclic) bond motifs is 1. The standard InChI is InChI=1S/C23H30FN3O2/c24-21-4-2-1-3-20(21)22(28)26-7-5-18(6-8-26)25-23(29)27-14-17-10-15-9-16(11-17)13-19(27)12-15/h1-4,15-19H,5-14H2,(H,25,29). The maximum Gasteiger partial charge on any atom is 0.317 e. The van der Waals surface area contributed by atoms with Crippen LogP contribution in [0.5, 0.6) is 0 Å². The van der Waals surface area contributed by atoms with E-state index in [0.717, 1.165) is 31.2 Å². The van der Waals surface area contributed by atoms with Gasteiger partial charge >= 0.3 is 6.03 Å². The Hall–Kier alpha value is -2.11. The van der Waals surface area contributed by atoms with Crippen LogP contribution in [0.1, 0.15) is 55.3 Å². The first kappa shape index (κ1) is 18.9. The number of amides is 3. The summed E-state index contributed by atoms with van der Waals surface area (Å²) >= 11 is 0. The van der Waals surface area contributed by atoms with Crippen molar-refractivity contribution < 1.29 is 14.0 Å². The van der Waals surface area contributed by atoms with Crippen molar-refractivity contribution in [3.63, 3.8) is 0 Å². The second kappa shape index (κ2) is 7.62. The lowest BCUT2D eigenvalue weighted by Crippen LogP contribution is -2.53. The Morgan fingerprint density at radius 1 is 0.931 bits per heavy atom. The second-order valence-electron chi connectivity index (χ2n) is 9.58. The Morgan fingerprint density at radius 3 is 2.28 bits per heavy atom. The fourth-order valence-corrected chi connectivity index (χ4v) is 6.32. The number of nitrogens with zero attached hydrogens (tertiary/aromatic N) is 2. The number of halogens is 1. The Balaban J connectivity index is 1.16. The van der Waals surface area contributed by atoms with Crippen molar-refractivity contribution in [1.82, 2.24) is 15.1 Å². The molecule has 3 aliphatic heterocycles. The molecule has 2 saturated carbocycles. The lowest BCUT2D eigenvalue weighted by atomic mass is 9.68. The van der Waals surface area contributed by atoms with Crippen LogP contribution in [0.3, 0.4) is 0 Å². The molecule has 29 heavy (non-hydrogen) atoms. The van der Waals surface area contributed by atoms with Gasteiger partial charge in [-0.15, -0.1) is 0 Å². The van der Waals surface area contributed by atoms with Crippen molar-refractivity contribution in [1.29, 1.82) is 0 Å². The summed E-state index contributed by atoms with van der Waals surface area (Å²) in [7, 11) is 0. The molecule has 5 fully saturated rings. The third kappa shape index (κ3) is 3.74. The van der Waals surface area contributed by atoms with E-state index in [1.807, 2.05) is 0 Å². The van der Waals surface area contributed by atoms with E-state index < -0.39 is 5.82 Å². The van der Waals surface area contributed by atoms with Gasteiger partial charge < -0.3 is 15.1 Å². The van der Waals surface area contributed by atoms with Gasteiger partial charge in [-0.2, -0.15) is 0 Å². The average molecular weight is 400 g/mol. The highest BCUT2D eigenvalue weighted by Gasteiger charge is 2.44. The van der Waals surface area contributed by atoms with E-state index in [2.05, 4.69) is 10.2 Å². The summed E-state index contributed by atoms with van der Waals surface area (Å²) in [6.45, 7) is 2.01. The molecule has 5 nitrogen and oxygen atoms in total. The number of likely N-dealkylation sites (tertiary alicyclic amines) is 1. The molecule has 0 aromatic heterocycles. The number of carbonyl (C=O) groups is 2. The van der Waals surface area contributed by atoms with E-state index in [-0.39, 0.29) is 23.5 Å². The zero-order valence-corrected chi connectivity index (χ0v) is 16.9. The van der Waals surface area contributed by atoms with Gasteiger partial charge in [-0.25, -0.2) is 9.18 Å². The summed E-state index contributed by atoms with van der Waals surface area (Å²) in [5.41, 5.74) is 0.130. The molecule has 2 atom stereocenters. The molecule has 6 rings (SSSR count). The average Bonchev–Trinajstić information content (AvgIpc) is 2.91. The number of nitrogens with one attached hydrogen (secondary N) is 1.